The van der Waals surface area contributed by atoms with Crippen LogP contribution in [0, 0.1) is 0 Å². The molecule has 6 nitrogen and oxygen atoms in total. The molecule has 0 radical (unpaired) electrons. The van der Waals surface area contributed by atoms with Gasteiger partial charge in [0.25, 0.3) is 0 Å². The Morgan fingerprint density at radius 2 is 2.16 bits per heavy atom. The Labute approximate surface area is 116 Å². The van der Waals surface area contributed by atoms with Crippen LogP contribution in [-0.4, -0.2) is 38.9 Å². The predicted molar refractivity (Wildman–Crippen MR) is 72.2 cm³/mol. The molecule has 0 aromatic heterocycles. The zero-order valence-corrected chi connectivity index (χ0v) is 11.8. The SMILES string of the molecule is CN1CCC(NS(=O)(=O)c2ccc(Cl)c(N)c2)C1=O. The van der Waals surface area contributed by atoms with E-state index in [-0.39, 0.29) is 21.5 Å². The van der Waals surface area contributed by atoms with Gasteiger partial charge in [0.1, 0.15) is 6.04 Å². The summed E-state index contributed by atoms with van der Waals surface area (Å²) in [6.45, 7) is 0.536. The number of likely N-dealkylation sites (tertiary alicyclic amines) is 1. The highest BCUT2D eigenvalue weighted by Gasteiger charge is 2.32. The first-order chi connectivity index (χ1) is 8.81. The summed E-state index contributed by atoms with van der Waals surface area (Å²) >= 11 is 5.74. The summed E-state index contributed by atoms with van der Waals surface area (Å²) in [4.78, 5) is 13.2. The van der Waals surface area contributed by atoms with Gasteiger partial charge < -0.3 is 10.6 Å². The fourth-order valence-electron chi connectivity index (χ4n) is 1.88. The molecule has 19 heavy (non-hydrogen) atoms. The first kappa shape index (κ1) is 14.1. The molecule has 2 rings (SSSR count). The average Bonchev–Trinajstić information content (AvgIpc) is 2.64. The monoisotopic (exact) mass is 303 g/mol. The van der Waals surface area contributed by atoms with Crippen molar-refractivity contribution in [2.24, 2.45) is 0 Å². The maximum absolute atomic E-state index is 12.1. The summed E-state index contributed by atoms with van der Waals surface area (Å²) in [5.74, 6) is -0.231. The van der Waals surface area contributed by atoms with Gasteiger partial charge in [0.15, 0.2) is 0 Å². The summed E-state index contributed by atoms with van der Waals surface area (Å²) in [5, 5.41) is 0.288. The number of likely N-dealkylation sites (N-methyl/N-ethyl adjacent to an activating group) is 1. The minimum atomic E-state index is -3.78. The molecule has 1 aromatic carbocycles. The molecule has 1 aliphatic rings. The molecular weight excluding hydrogens is 290 g/mol. The van der Waals surface area contributed by atoms with Crippen molar-refractivity contribution in [1.82, 2.24) is 9.62 Å². The second-order valence-electron chi connectivity index (χ2n) is 4.41. The topological polar surface area (TPSA) is 92.5 Å². The van der Waals surface area contributed by atoms with E-state index >= 15 is 0 Å². The van der Waals surface area contributed by atoms with Crippen molar-refractivity contribution < 1.29 is 13.2 Å². The number of hydrogen-bond acceptors (Lipinski definition) is 4. The molecule has 1 amide bonds. The Kier molecular flexibility index (Phi) is 3.71. The Bertz CT molecular complexity index is 618. The smallest absolute Gasteiger partial charge is 0.241 e. The number of carbonyl (C=O) groups is 1. The van der Waals surface area contributed by atoms with Crippen LogP contribution in [-0.2, 0) is 14.8 Å². The minimum Gasteiger partial charge on any atom is -0.397 e. The van der Waals surface area contributed by atoms with Gasteiger partial charge >= 0.3 is 0 Å². The molecule has 0 spiro atoms. The lowest BCUT2D eigenvalue weighted by Gasteiger charge is -2.13. The highest BCUT2D eigenvalue weighted by molar-refractivity contribution is 7.89. The van der Waals surface area contributed by atoms with Crippen LogP contribution >= 0.6 is 11.6 Å². The number of carbonyl (C=O) groups excluding carboxylic acids is 1. The van der Waals surface area contributed by atoms with Crippen LogP contribution in [0.1, 0.15) is 6.42 Å². The van der Waals surface area contributed by atoms with E-state index in [9.17, 15) is 13.2 Å². The van der Waals surface area contributed by atoms with E-state index < -0.39 is 16.1 Å². The molecular formula is C11H14ClN3O3S. The zero-order valence-electron chi connectivity index (χ0n) is 10.3. The second kappa shape index (κ2) is 4.99. The van der Waals surface area contributed by atoms with E-state index in [2.05, 4.69) is 4.72 Å². The maximum Gasteiger partial charge on any atom is 0.241 e. The van der Waals surface area contributed by atoms with Crippen molar-refractivity contribution in [2.75, 3.05) is 19.3 Å². The van der Waals surface area contributed by atoms with Gasteiger partial charge in [0.05, 0.1) is 15.6 Å². The first-order valence-electron chi connectivity index (χ1n) is 5.63. The lowest BCUT2D eigenvalue weighted by molar-refractivity contribution is -0.127. The standard InChI is InChI=1S/C11H14ClN3O3S/c1-15-5-4-10(11(15)16)14-19(17,18)7-2-3-8(12)9(13)6-7/h2-3,6,10,14H,4-5,13H2,1H3. The van der Waals surface area contributed by atoms with Gasteiger partial charge in [-0.05, 0) is 24.6 Å². The summed E-state index contributed by atoms with van der Waals surface area (Å²) < 4.78 is 26.6. The number of nitrogens with one attached hydrogen (secondary N) is 1. The van der Waals surface area contributed by atoms with Gasteiger partial charge in [0, 0.05) is 13.6 Å². The Morgan fingerprint density at radius 1 is 1.47 bits per heavy atom. The number of anilines is 1. The summed E-state index contributed by atoms with van der Waals surface area (Å²) in [5.41, 5.74) is 5.76. The van der Waals surface area contributed by atoms with Crippen molar-refractivity contribution in [3.8, 4) is 0 Å². The molecule has 1 aliphatic heterocycles. The Morgan fingerprint density at radius 3 is 2.68 bits per heavy atom. The van der Waals surface area contributed by atoms with Crippen LogP contribution in [0.4, 0.5) is 5.69 Å². The third-order valence-corrected chi connectivity index (χ3v) is 4.82. The van der Waals surface area contributed by atoms with Crippen LogP contribution in [0.5, 0.6) is 0 Å². The second-order valence-corrected chi connectivity index (χ2v) is 6.53. The number of sulfonamides is 1. The molecule has 1 aromatic rings. The van der Waals surface area contributed by atoms with E-state index in [0.717, 1.165) is 0 Å². The molecule has 1 heterocycles. The molecule has 1 unspecified atom stereocenters. The van der Waals surface area contributed by atoms with Gasteiger partial charge in [-0.1, -0.05) is 11.6 Å². The predicted octanol–water partition coefficient (Wildman–Crippen LogP) is 0.431. The van der Waals surface area contributed by atoms with E-state index in [1.807, 2.05) is 0 Å². The van der Waals surface area contributed by atoms with Crippen LogP contribution in [0.25, 0.3) is 0 Å². The fourth-order valence-corrected chi connectivity index (χ4v) is 3.25. The van der Waals surface area contributed by atoms with E-state index in [1.165, 1.54) is 23.1 Å². The van der Waals surface area contributed by atoms with Gasteiger partial charge in [0.2, 0.25) is 15.9 Å². The number of hydrogen-bond donors (Lipinski definition) is 2. The Balaban J connectivity index is 2.23. The molecule has 1 atom stereocenters. The number of halogens is 1. The van der Waals surface area contributed by atoms with Crippen LogP contribution in [0.15, 0.2) is 23.1 Å². The third kappa shape index (κ3) is 2.83. The molecule has 1 saturated heterocycles. The zero-order chi connectivity index (χ0) is 14.2. The van der Waals surface area contributed by atoms with E-state index in [0.29, 0.717) is 13.0 Å². The number of nitrogens with two attached hydrogens (primary N) is 1. The third-order valence-electron chi connectivity index (χ3n) is 3.00. The molecule has 0 aliphatic carbocycles. The van der Waals surface area contributed by atoms with Crippen molar-refractivity contribution in [3.05, 3.63) is 23.2 Å². The minimum absolute atomic E-state index is 0.00301. The summed E-state index contributed by atoms with van der Waals surface area (Å²) in [6, 6.07) is 3.32. The molecule has 0 saturated carbocycles. The fraction of sp³-hybridized carbons (Fsp3) is 0.364. The summed E-state index contributed by atoms with van der Waals surface area (Å²) in [6.07, 6.45) is 0.456. The molecule has 0 bridgehead atoms. The number of amides is 1. The van der Waals surface area contributed by atoms with Crippen molar-refractivity contribution >= 4 is 33.2 Å². The van der Waals surface area contributed by atoms with E-state index in [4.69, 9.17) is 17.3 Å². The van der Waals surface area contributed by atoms with Gasteiger partial charge in [-0.15, -0.1) is 0 Å². The van der Waals surface area contributed by atoms with E-state index in [1.54, 1.807) is 7.05 Å². The average molecular weight is 304 g/mol. The lowest BCUT2D eigenvalue weighted by Crippen LogP contribution is -2.40. The molecule has 104 valence electrons. The number of nitrogen functional groups attached to an aromatic ring is 1. The number of benzene rings is 1. The quantitative estimate of drug-likeness (QED) is 0.792. The van der Waals surface area contributed by atoms with Crippen molar-refractivity contribution in [1.29, 1.82) is 0 Å². The molecule has 3 N–H and O–H groups in total. The number of nitrogens with zero attached hydrogens (tertiary/aromatic N) is 1. The van der Waals surface area contributed by atoms with Gasteiger partial charge in [-0.25, -0.2) is 8.42 Å². The number of rotatable bonds is 3. The van der Waals surface area contributed by atoms with Gasteiger partial charge in [-0.3, -0.25) is 4.79 Å². The largest absolute Gasteiger partial charge is 0.397 e. The highest BCUT2D eigenvalue weighted by atomic mass is 35.5. The van der Waals surface area contributed by atoms with Crippen molar-refractivity contribution in [3.63, 3.8) is 0 Å². The normalized spacial score (nSPS) is 20.0. The molecule has 1 fully saturated rings. The molecule has 8 heteroatoms. The van der Waals surface area contributed by atoms with Crippen LogP contribution < -0.4 is 10.5 Å². The Hall–Kier alpha value is -1.31. The van der Waals surface area contributed by atoms with Crippen LogP contribution in [0.2, 0.25) is 5.02 Å². The highest BCUT2D eigenvalue weighted by Crippen LogP contribution is 2.23. The van der Waals surface area contributed by atoms with Gasteiger partial charge in [-0.2, -0.15) is 4.72 Å². The first-order valence-corrected chi connectivity index (χ1v) is 7.50. The maximum atomic E-state index is 12.1. The van der Waals surface area contributed by atoms with Crippen molar-refractivity contribution in [2.45, 2.75) is 17.4 Å². The lowest BCUT2D eigenvalue weighted by atomic mass is 10.3. The summed E-state index contributed by atoms with van der Waals surface area (Å²) in [7, 11) is -2.14. The van der Waals surface area contributed by atoms with Crippen LogP contribution in [0.3, 0.4) is 0 Å².